The molecule has 0 aliphatic carbocycles. The van der Waals surface area contributed by atoms with Crippen molar-refractivity contribution in [3.8, 4) is 46.0 Å². The highest BCUT2D eigenvalue weighted by Crippen LogP contribution is 2.49. The predicted octanol–water partition coefficient (Wildman–Crippen LogP) is 8.38. The third kappa shape index (κ3) is 17.5. The summed E-state index contributed by atoms with van der Waals surface area (Å²) in [5.41, 5.74) is 9.71. The molecule has 24 nitrogen and oxygen atoms in total. The summed E-state index contributed by atoms with van der Waals surface area (Å²) in [6.45, 7) is 13.4. The van der Waals surface area contributed by atoms with Gasteiger partial charge in [-0.2, -0.15) is 0 Å². The van der Waals surface area contributed by atoms with Gasteiger partial charge in [0.1, 0.15) is 0 Å². The molecule has 12 rings (SSSR count). The number of aliphatic carboxylic acids is 4. The number of aliphatic hydroxyl groups excluding tert-OH is 4. The number of carboxylic acid groups (broad SMARTS) is 4. The van der Waals surface area contributed by atoms with Gasteiger partial charge in [-0.25, -0.2) is 0 Å². The van der Waals surface area contributed by atoms with E-state index in [4.69, 9.17) is 58.3 Å². The van der Waals surface area contributed by atoms with Gasteiger partial charge < -0.3 is 78.7 Å². The van der Waals surface area contributed by atoms with Crippen molar-refractivity contribution in [2.45, 2.75) is 153 Å². The SMILES string of the molecule is COc1cc2c(cc1OC)[C@@H]1C[C@@H](O)[C@@H](C[C@@H](C)C(=O)O)CN1CC2.COc1cc2c(cc1OC)[C@@H]1C[C@@H](O)[C@@H](C[C@H](C)C(=O)O)CN1CC2.COc1cc2c(cc1OC)[C@H]1C[C@H](O)[C@H](C[C@@H](C)C(=O)O)CN1CC2.COc1cc2c(cc1OC)[C@H]1C[C@H](O)[C@H](C[C@H](C)C(=O)O)CN1CC2. The van der Waals surface area contributed by atoms with E-state index in [-0.39, 0.29) is 47.8 Å². The third-order valence-electron chi connectivity index (χ3n) is 22.7. The van der Waals surface area contributed by atoms with Gasteiger partial charge >= 0.3 is 23.9 Å². The van der Waals surface area contributed by atoms with E-state index in [1.165, 1.54) is 44.5 Å². The van der Waals surface area contributed by atoms with E-state index >= 15 is 0 Å². The van der Waals surface area contributed by atoms with E-state index in [1.54, 1.807) is 84.6 Å². The molecule has 0 amide bonds. The Bertz CT molecular complexity index is 3030. The third-order valence-corrected chi connectivity index (χ3v) is 22.7. The number of benzene rings is 4. The van der Waals surface area contributed by atoms with Crippen molar-refractivity contribution in [2.75, 3.05) is 109 Å². The van der Waals surface area contributed by atoms with E-state index in [2.05, 4.69) is 19.6 Å². The quantitative estimate of drug-likeness (QED) is 0.0412. The molecule has 4 fully saturated rings. The maximum atomic E-state index is 11.1. The van der Waals surface area contributed by atoms with Gasteiger partial charge in [0.05, 0.1) is 105 Å². The van der Waals surface area contributed by atoms with Crippen molar-refractivity contribution in [3.63, 3.8) is 0 Å². The number of rotatable bonds is 20. The van der Waals surface area contributed by atoms with Crippen LogP contribution in [0.5, 0.6) is 46.0 Å². The minimum atomic E-state index is -0.796. The zero-order valence-electron chi connectivity index (χ0n) is 60.3. The number of aliphatic hydroxyl groups is 4. The Morgan fingerprint density at radius 1 is 0.330 bits per heavy atom. The number of methoxy groups -OCH3 is 8. The maximum absolute atomic E-state index is 11.1. The topological polar surface area (TPSA) is 317 Å². The van der Waals surface area contributed by atoms with Gasteiger partial charge in [-0.05, 0) is 194 Å². The molecule has 8 N–H and O–H groups in total. The fraction of sp³-hybridized carbons (Fsp3) is 0.632. The predicted molar refractivity (Wildman–Crippen MR) is 372 cm³/mol. The first-order valence-electron chi connectivity index (χ1n) is 35.4. The monoisotopic (exact) mass is 1400 g/mol. The molecule has 8 aliphatic heterocycles. The minimum Gasteiger partial charge on any atom is -0.493 e. The van der Waals surface area contributed by atoms with Crippen molar-refractivity contribution < 1.29 is 97.9 Å². The second kappa shape index (κ2) is 34.2. The molecule has 4 aromatic carbocycles. The molecule has 0 spiro atoms. The smallest absolute Gasteiger partial charge is 0.306 e. The fourth-order valence-corrected chi connectivity index (χ4v) is 16.8. The number of carboxylic acids is 4. The highest BCUT2D eigenvalue weighted by atomic mass is 16.5. The molecule has 8 aliphatic rings. The van der Waals surface area contributed by atoms with Crippen molar-refractivity contribution in [1.29, 1.82) is 0 Å². The molecule has 0 saturated carbocycles. The van der Waals surface area contributed by atoms with Gasteiger partial charge in [0, 0.05) is 76.5 Å². The van der Waals surface area contributed by atoms with E-state index in [0.717, 1.165) is 101 Å². The normalized spacial score (nSPS) is 27.1. The highest BCUT2D eigenvalue weighted by molar-refractivity contribution is 5.70. The average Bonchev–Trinajstić information content (AvgIpc) is 0.788. The first-order chi connectivity index (χ1) is 47.8. The van der Waals surface area contributed by atoms with E-state index < -0.39 is 72.0 Å². The second-order valence-corrected chi connectivity index (χ2v) is 28.8. The Balaban J connectivity index is 0.000000156. The molecule has 16 atom stereocenters. The Kier molecular flexibility index (Phi) is 26.3. The lowest BCUT2D eigenvalue weighted by molar-refractivity contribution is -0.143. The summed E-state index contributed by atoms with van der Waals surface area (Å²) >= 11 is 0. The van der Waals surface area contributed by atoms with Crippen molar-refractivity contribution >= 4 is 23.9 Å². The summed E-state index contributed by atoms with van der Waals surface area (Å²) in [5, 5.41) is 79.1. The summed E-state index contributed by atoms with van der Waals surface area (Å²) in [6.07, 6.45) is 6.29. The van der Waals surface area contributed by atoms with Crippen LogP contribution in [0.25, 0.3) is 0 Å². The van der Waals surface area contributed by atoms with Gasteiger partial charge in [-0.15, -0.1) is 0 Å². The average molecular weight is 1400 g/mol. The summed E-state index contributed by atoms with van der Waals surface area (Å²) in [5.74, 6) is 0.871. The van der Waals surface area contributed by atoms with Crippen LogP contribution in [-0.2, 0) is 44.9 Å². The molecule has 4 saturated heterocycles. The number of piperidine rings is 4. The van der Waals surface area contributed by atoms with Gasteiger partial charge in [0.15, 0.2) is 46.0 Å². The van der Waals surface area contributed by atoms with Crippen LogP contribution >= 0.6 is 0 Å². The van der Waals surface area contributed by atoms with Crippen LogP contribution in [0.4, 0.5) is 0 Å². The lowest BCUT2D eigenvalue weighted by Crippen LogP contribution is -2.48. The molecule has 0 unspecified atom stereocenters. The van der Waals surface area contributed by atoms with Gasteiger partial charge in [0.2, 0.25) is 0 Å². The van der Waals surface area contributed by atoms with Crippen LogP contribution in [0, 0.1) is 47.3 Å². The van der Waals surface area contributed by atoms with E-state index in [9.17, 15) is 39.6 Å². The molecule has 24 heteroatoms. The molecule has 100 heavy (non-hydrogen) atoms. The summed E-state index contributed by atoms with van der Waals surface area (Å²) in [7, 11) is 13.1. The largest absolute Gasteiger partial charge is 0.493 e. The molecule has 552 valence electrons. The Morgan fingerprint density at radius 3 is 0.660 bits per heavy atom. The molecule has 0 bridgehead atoms. The number of ether oxygens (including phenoxy) is 8. The molecule has 0 radical (unpaired) electrons. The van der Waals surface area contributed by atoms with Gasteiger partial charge in [-0.1, -0.05) is 27.7 Å². The molecular weight excluding hydrogens is 1290 g/mol. The van der Waals surface area contributed by atoms with Crippen molar-refractivity contribution in [1.82, 2.24) is 19.6 Å². The molecule has 8 heterocycles. The standard InChI is InChI=1S/4C19H27NO5/c4*1-11(19(22)23)6-13-10-20-5-4-12-7-17(24-2)18(25-3)8-14(12)15(20)9-16(13)21/h4*7-8,11,13,15-16,21H,4-6,9-10H2,1-3H3,(H,22,23)/t2*11-,13+,15+,16-;2*11-,13-,15-,16+/m1010/s1. The van der Waals surface area contributed by atoms with Gasteiger partial charge in [0.25, 0.3) is 0 Å². The minimum absolute atomic E-state index is 0.00374. The lowest BCUT2D eigenvalue weighted by Gasteiger charge is -2.46. The maximum Gasteiger partial charge on any atom is 0.306 e. The molecule has 4 aromatic rings. The van der Waals surface area contributed by atoms with Gasteiger partial charge in [-0.3, -0.25) is 38.8 Å². The fourth-order valence-electron chi connectivity index (χ4n) is 16.8. The zero-order valence-corrected chi connectivity index (χ0v) is 60.3. The van der Waals surface area contributed by atoms with E-state index in [1.807, 2.05) is 48.5 Å². The second-order valence-electron chi connectivity index (χ2n) is 28.8. The first-order valence-corrected chi connectivity index (χ1v) is 35.4. The summed E-state index contributed by atoms with van der Waals surface area (Å²) in [6, 6.07) is 16.8. The van der Waals surface area contributed by atoms with Crippen LogP contribution in [0.1, 0.15) is 148 Å². The van der Waals surface area contributed by atoms with Crippen molar-refractivity contribution in [2.24, 2.45) is 47.3 Å². The first kappa shape index (κ1) is 77.0. The Hall–Kier alpha value is -7.16. The van der Waals surface area contributed by atoms with Crippen LogP contribution < -0.4 is 37.9 Å². The van der Waals surface area contributed by atoms with Crippen molar-refractivity contribution in [3.05, 3.63) is 93.0 Å². The zero-order chi connectivity index (χ0) is 72.5. The summed E-state index contributed by atoms with van der Waals surface area (Å²) < 4.78 is 43.3. The lowest BCUT2D eigenvalue weighted by atomic mass is 9.79. The van der Waals surface area contributed by atoms with Crippen LogP contribution in [0.2, 0.25) is 0 Å². The molecule has 0 aromatic heterocycles. The number of carbonyl (C=O) groups is 4. The number of hydrogen-bond acceptors (Lipinski definition) is 20. The van der Waals surface area contributed by atoms with Crippen LogP contribution in [-0.4, -0.2) is 218 Å². The number of hydrogen-bond donors (Lipinski definition) is 8. The number of fused-ring (bicyclic) bond motifs is 12. The summed E-state index contributed by atoms with van der Waals surface area (Å²) in [4.78, 5) is 54.0. The van der Waals surface area contributed by atoms with E-state index in [0.29, 0.717) is 74.4 Å². The van der Waals surface area contributed by atoms with Crippen LogP contribution in [0.15, 0.2) is 48.5 Å². The Morgan fingerprint density at radius 2 is 0.500 bits per heavy atom. The molecular formula is C76H108N4O20. The number of nitrogens with zero attached hydrogens (tertiary/aromatic N) is 4. The highest BCUT2D eigenvalue weighted by Gasteiger charge is 2.44. The Labute approximate surface area is 587 Å². The van der Waals surface area contributed by atoms with Crippen LogP contribution in [0.3, 0.4) is 0 Å².